The predicted octanol–water partition coefficient (Wildman–Crippen LogP) is 1.47. The van der Waals surface area contributed by atoms with Gasteiger partial charge in [-0.2, -0.15) is 11.8 Å². The highest BCUT2D eigenvalue weighted by Crippen LogP contribution is 2.27. The van der Waals surface area contributed by atoms with Crippen molar-refractivity contribution in [3.63, 3.8) is 0 Å². The van der Waals surface area contributed by atoms with Crippen LogP contribution in [0.5, 0.6) is 0 Å². The van der Waals surface area contributed by atoms with E-state index in [9.17, 15) is 0 Å². The molecule has 4 nitrogen and oxygen atoms in total. The molecule has 0 aromatic rings. The zero-order chi connectivity index (χ0) is 13.7. The predicted molar refractivity (Wildman–Crippen MR) is 84.8 cm³/mol. The van der Waals surface area contributed by atoms with Crippen molar-refractivity contribution < 1.29 is 0 Å². The fourth-order valence-electron chi connectivity index (χ4n) is 2.93. The Morgan fingerprint density at radius 1 is 1.26 bits per heavy atom. The van der Waals surface area contributed by atoms with E-state index in [2.05, 4.69) is 28.6 Å². The second-order valence-corrected chi connectivity index (χ2v) is 7.61. The van der Waals surface area contributed by atoms with Crippen molar-refractivity contribution in [1.82, 2.24) is 9.80 Å². The van der Waals surface area contributed by atoms with Crippen molar-refractivity contribution in [3.8, 4) is 0 Å². The Balaban J connectivity index is 1.72. The summed E-state index contributed by atoms with van der Waals surface area (Å²) >= 11 is 2.00. The van der Waals surface area contributed by atoms with Gasteiger partial charge in [-0.25, -0.2) is 0 Å². The highest BCUT2D eigenvalue weighted by atomic mass is 32.2. The molecule has 5 heteroatoms. The van der Waals surface area contributed by atoms with Gasteiger partial charge in [-0.15, -0.1) is 0 Å². The van der Waals surface area contributed by atoms with E-state index in [1.54, 1.807) is 0 Å². The van der Waals surface area contributed by atoms with Crippen molar-refractivity contribution in [3.05, 3.63) is 0 Å². The molecule has 0 saturated carbocycles. The van der Waals surface area contributed by atoms with Crippen molar-refractivity contribution in [2.24, 2.45) is 16.1 Å². The molecule has 0 radical (unpaired) electrons. The molecule has 0 bridgehead atoms. The molecule has 0 unspecified atom stereocenters. The first-order valence-corrected chi connectivity index (χ1v) is 8.57. The van der Waals surface area contributed by atoms with Crippen molar-refractivity contribution in [2.75, 3.05) is 50.8 Å². The zero-order valence-corrected chi connectivity index (χ0v) is 13.2. The highest BCUT2D eigenvalue weighted by Gasteiger charge is 2.25. The molecule has 0 aliphatic carbocycles. The first kappa shape index (κ1) is 15.0. The van der Waals surface area contributed by atoms with Crippen LogP contribution in [0.4, 0.5) is 0 Å². The van der Waals surface area contributed by atoms with Gasteiger partial charge in [-0.3, -0.25) is 4.99 Å². The number of hydrogen-bond donors (Lipinski definition) is 1. The first-order chi connectivity index (χ1) is 9.07. The normalized spacial score (nSPS) is 25.6. The smallest absolute Gasteiger partial charge is 0.191 e. The van der Waals surface area contributed by atoms with Crippen molar-refractivity contribution in [2.45, 2.75) is 26.7 Å². The van der Waals surface area contributed by atoms with Crippen LogP contribution in [-0.4, -0.2) is 66.5 Å². The third-order valence-electron chi connectivity index (χ3n) is 4.00. The van der Waals surface area contributed by atoms with Crippen LogP contribution in [0.1, 0.15) is 26.7 Å². The molecule has 0 aromatic carbocycles. The number of aliphatic imine (C=N–C) groups is 1. The Kier molecular flexibility index (Phi) is 5.39. The average Bonchev–Trinajstić information content (AvgIpc) is 2.38. The van der Waals surface area contributed by atoms with E-state index in [-0.39, 0.29) is 0 Å². The summed E-state index contributed by atoms with van der Waals surface area (Å²) in [7, 11) is 0. The molecule has 0 atom stereocenters. The van der Waals surface area contributed by atoms with Gasteiger partial charge in [0.1, 0.15) is 0 Å². The Bertz CT molecular complexity index is 311. The Labute approximate surface area is 121 Å². The molecular formula is C14H28N4S. The number of thioether (sulfide) groups is 1. The molecule has 110 valence electrons. The van der Waals surface area contributed by atoms with E-state index in [1.807, 2.05) is 11.8 Å². The summed E-state index contributed by atoms with van der Waals surface area (Å²) < 4.78 is 0. The topological polar surface area (TPSA) is 44.9 Å². The van der Waals surface area contributed by atoms with E-state index < -0.39 is 0 Å². The average molecular weight is 284 g/mol. The molecule has 2 N–H and O–H groups in total. The Hall–Kier alpha value is -0.420. The van der Waals surface area contributed by atoms with Crippen LogP contribution >= 0.6 is 11.8 Å². The van der Waals surface area contributed by atoms with Gasteiger partial charge in [-0.1, -0.05) is 13.8 Å². The van der Waals surface area contributed by atoms with Crippen LogP contribution in [-0.2, 0) is 0 Å². The monoisotopic (exact) mass is 284 g/mol. The summed E-state index contributed by atoms with van der Waals surface area (Å²) in [5.74, 6) is 3.10. The van der Waals surface area contributed by atoms with E-state index in [4.69, 9.17) is 5.73 Å². The lowest BCUT2D eigenvalue weighted by Gasteiger charge is -2.37. The van der Waals surface area contributed by atoms with Gasteiger partial charge in [0, 0.05) is 37.7 Å². The van der Waals surface area contributed by atoms with Gasteiger partial charge >= 0.3 is 0 Å². The zero-order valence-electron chi connectivity index (χ0n) is 12.4. The minimum Gasteiger partial charge on any atom is -0.370 e. The molecule has 2 rings (SSSR count). The van der Waals surface area contributed by atoms with Crippen LogP contribution in [0.25, 0.3) is 0 Å². The number of likely N-dealkylation sites (tertiary alicyclic amines) is 1. The van der Waals surface area contributed by atoms with Crippen LogP contribution in [0, 0.1) is 5.41 Å². The molecule has 0 amide bonds. The van der Waals surface area contributed by atoms with Crippen LogP contribution in [0.2, 0.25) is 0 Å². The van der Waals surface area contributed by atoms with E-state index in [0.717, 1.165) is 32.1 Å². The number of hydrogen-bond acceptors (Lipinski definition) is 3. The highest BCUT2D eigenvalue weighted by molar-refractivity contribution is 7.99. The summed E-state index contributed by atoms with van der Waals surface area (Å²) in [5, 5.41) is 0. The molecule has 2 aliphatic heterocycles. The fourth-order valence-corrected chi connectivity index (χ4v) is 3.84. The summed E-state index contributed by atoms with van der Waals surface area (Å²) in [6.07, 6.45) is 2.66. The maximum Gasteiger partial charge on any atom is 0.191 e. The SMILES string of the molecule is CC1(C)CCCN(CCN=C(N)N2CCSCC2)C1. The Morgan fingerprint density at radius 3 is 2.68 bits per heavy atom. The second-order valence-electron chi connectivity index (χ2n) is 6.38. The maximum atomic E-state index is 6.07. The summed E-state index contributed by atoms with van der Waals surface area (Å²) in [6.45, 7) is 11.1. The molecule has 0 aromatic heterocycles. The summed E-state index contributed by atoms with van der Waals surface area (Å²) in [6, 6.07) is 0. The van der Waals surface area contributed by atoms with Crippen molar-refractivity contribution >= 4 is 17.7 Å². The van der Waals surface area contributed by atoms with E-state index in [1.165, 1.54) is 37.4 Å². The number of nitrogens with zero attached hydrogens (tertiary/aromatic N) is 3. The molecule has 2 fully saturated rings. The first-order valence-electron chi connectivity index (χ1n) is 7.42. The molecule has 2 heterocycles. The minimum absolute atomic E-state index is 0.470. The quantitative estimate of drug-likeness (QED) is 0.630. The lowest BCUT2D eigenvalue weighted by molar-refractivity contribution is 0.121. The van der Waals surface area contributed by atoms with Gasteiger partial charge in [-0.05, 0) is 24.8 Å². The molecule has 0 spiro atoms. The maximum absolute atomic E-state index is 6.07. The number of rotatable bonds is 3. The lowest BCUT2D eigenvalue weighted by atomic mass is 9.84. The molecular weight excluding hydrogens is 256 g/mol. The summed E-state index contributed by atoms with van der Waals surface area (Å²) in [4.78, 5) is 9.31. The molecule has 2 aliphatic rings. The second kappa shape index (κ2) is 6.84. The minimum atomic E-state index is 0.470. The number of nitrogens with two attached hydrogens (primary N) is 1. The van der Waals surface area contributed by atoms with Gasteiger partial charge in [0.15, 0.2) is 5.96 Å². The Morgan fingerprint density at radius 2 is 2.00 bits per heavy atom. The summed E-state index contributed by atoms with van der Waals surface area (Å²) in [5.41, 5.74) is 6.54. The van der Waals surface area contributed by atoms with Crippen LogP contribution in [0.15, 0.2) is 4.99 Å². The number of piperidine rings is 1. The van der Waals surface area contributed by atoms with Gasteiger partial charge in [0.05, 0.1) is 6.54 Å². The third kappa shape index (κ3) is 4.88. The van der Waals surface area contributed by atoms with Crippen LogP contribution in [0.3, 0.4) is 0 Å². The van der Waals surface area contributed by atoms with E-state index in [0.29, 0.717) is 5.41 Å². The van der Waals surface area contributed by atoms with Gasteiger partial charge in [0.25, 0.3) is 0 Å². The van der Waals surface area contributed by atoms with E-state index >= 15 is 0 Å². The third-order valence-corrected chi connectivity index (χ3v) is 4.95. The largest absolute Gasteiger partial charge is 0.370 e. The van der Waals surface area contributed by atoms with Crippen LogP contribution < -0.4 is 5.73 Å². The fraction of sp³-hybridized carbons (Fsp3) is 0.929. The standard InChI is InChI=1S/C14H28N4S/c1-14(2)4-3-6-17(12-14)7-5-16-13(15)18-8-10-19-11-9-18/h3-12H2,1-2H3,(H2,15,16). The number of guanidine groups is 1. The molecule has 19 heavy (non-hydrogen) atoms. The van der Waals surface area contributed by atoms with Gasteiger partial charge in [0.2, 0.25) is 0 Å². The lowest BCUT2D eigenvalue weighted by Crippen LogP contribution is -2.44. The van der Waals surface area contributed by atoms with Crippen molar-refractivity contribution in [1.29, 1.82) is 0 Å². The van der Waals surface area contributed by atoms with Gasteiger partial charge < -0.3 is 15.5 Å². The molecule has 2 saturated heterocycles.